The van der Waals surface area contributed by atoms with Crippen molar-refractivity contribution >= 4 is 53.6 Å². The lowest BCUT2D eigenvalue weighted by atomic mass is 10.1. The van der Waals surface area contributed by atoms with Gasteiger partial charge in [0.15, 0.2) is 5.76 Å². The van der Waals surface area contributed by atoms with Crippen LogP contribution in [0.15, 0.2) is 48.4 Å². The maximum absolute atomic E-state index is 12.1. The third kappa shape index (κ3) is 2.47. The fourth-order valence-corrected chi connectivity index (χ4v) is 2.95. The van der Waals surface area contributed by atoms with Crippen molar-refractivity contribution in [3.8, 4) is 0 Å². The second-order valence-corrected chi connectivity index (χ2v) is 5.77. The minimum atomic E-state index is -0.154. The Kier molecular flexibility index (Phi) is 3.66. The first-order valence-electron chi connectivity index (χ1n) is 4.31. The van der Waals surface area contributed by atoms with Crippen LogP contribution in [0.2, 0.25) is 0 Å². The van der Waals surface area contributed by atoms with Crippen molar-refractivity contribution in [3.63, 3.8) is 0 Å². The number of ketones is 1. The van der Waals surface area contributed by atoms with E-state index in [1.54, 1.807) is 18.2 Å². The number of halogens is 3. The Morgan fingerprint density at radius 2 is 1.69 bits per heavy atom. The zero-order valence-corrected chi connectivity index (χ0v) is 12.6. The summed E-state index contributed by atoms with van der Waals surface area (Å²) in [5, 5.41) is 0. The summed E-state index contributed by atoms with van der Waals surface area (Å²) in [5.41, 5.74) is 0.567. The number of benzene rings is 1. The van der Waals surface area contributed by atoms with E-state index >= 15 is 0 Å². The fraction of sp³-hybridized carbons (Fsp3) is 0. The predicted octanol–water partition coefficient (Wildman–Crippen LogP) is 4.80. The minimum Gasteiger partial charge on any atom is -0.460 e. The molecule has 0 saturated heterocycles. The Bertz CT molecular complexity index is 526. The molecule has 0 N–H and O–H groups in total. The molecule has 1 aromatic heterocycles. The summed E-state index contributed by atoms with van der Waals surface area (Å²) >= 11 is 9.94. The van der Waals surface area contributed by atoms with Gasteiger partial charge in [-0.1, -0.05) is 31.9 Å². The number of carbonyl (C=O) groups excluding carboxylic acids is 1. The van der Waals surface area contributed by atoms with Crippen LogP contribution in [0.3, 0.4) is 0 Å². The van der Waals surface area contributed by atoms with Crippen LogP contribution in [-0.4, -0.2) is 5.78 Å². The molecule has 0 fully saturated rings. The number of rotatable bonds is 2. The van der Waals surface area contributed by atoms with Gasteiger partial charge in [0, 0.05) is 14.5 Å². The molecule has 0 spiro atoms. The topological polar surface area (TPSA) is 30.2 Å². The molecule has 1 aromatic carbocycles. The zero-order chi connectivity index (χ0) is 11.7. The van der Waals surface area contributed by atoms with E-state index in [1.165, 1.54) is 6.26 Å². The van der Waals surface area contributed by atoms with Crippen LogP contribution in [-0.2, 0) is 0 Å². The molecule has 82 valence electrons. The number of carbonyl (C=O) groups is 1. The lowest BCUT2D eigenvalue weighted by Crippen LogP contribution is -2.00. The van der Waals surface area contributed by atoms with Gasteiger partial charge in [-0.05, 0) is 40.2 Å². The summed E-state index contributed by atoms with van der Waals surface area (Å²) in [6, 6.07) is 7.07. The quantitative estimate of drug-likeness (QED) is 0.668. The van der Waals surface area contributed by atoms with Gasteiger partial charge in [0.05, 0.1) is 10.7 Å². The highest BCUT2D eigenvalue weighted by Crippen LogP contribution is 2.25. The Morgan fingerprint density at radius 3 is 2.19 bits per heavy atom. The summed E-state index contributed by atoms with van der Waals surface area (Å²) < 4.78 is 7.48. The van der Waals surface area contributed by atoms with E-state index in [9.17, 15) is 4.79 Å². The largest absolute Gasteiger partial charge is 0.460 e. The molecule has 0 aliphatic rings. The first kappa shape index (κ1) is 12.1. The molecular weight excluding hydrogens is 404 g/mol. The van der Waals surface area contributed by atoms with Gasteiger partial charge >= 0.3 is 0 Å². The molecule has 5 heteroatoms. The van der Waals surface area contributed by atoms with Crippen LogP contribution in [0.5, 0.6) is 0 Å². The summed E-state index contributed by atoms with van der Waals surface area (Å²) in [6.45, 7) is 0. The Balaban J connectivity index is 2.45. The highest BCUT2D eigenvalue weighted by molar-refractivity contribution is 9.11. The van der Waals surface area contributed by atoms with Crippen molar-refractivity contribution in [2.24, 2.45) is 0 Å². The highest BCUT2D eigenvalue weighted by Gasteiger charge is 2.16. The van der Waals surface area contributed by atoms with Gasteiger partial charge in [0.25, 0.3) is 0 Å². The SMILES string of the molecule is O=C(c1cc(Br)cc(Br)c1)c1occc1Br. The van der Waals surface area contributed by atoms with Gasteiger partial charge in [-0.2, -0.15) is 0 Å². The second kappa shape index (κ2) is 4.85. The molecule has 0 aliphatic carbocycles. The number of furan rings is 1. The smallest absolute Gasteiger partial charge is 0.229 e. The van der Waals surface area contributed by atoms with Gasteiger partial charge < -0.3 is 4.42 Å². The zero-order valence-electron chi connectivity index (χ0n) is 7.84. The highest BCUT2D eigenvalue weighted by atomic mass is 79.9. The molecule has 0 amide bonds. The third-order valence-electron chi connectivity index (χ3n) is 1.95. The summed E-state index contributed by atoms with van der Waals surface area (Å²) in [7, 11) is 0. The summed E-state index contributed by atoms with van der Waals surface area (Å²) in [6.07, 6.45) is 1.48. The van der Waals surface area contributed by atoms with E-state index in [1.807, 2.05) is 6.07 Å². The standard InChI is InChI=1S/C11H5Br3O2/c12-7-3-6(4-8(13)5-7)10(15)11-9(14)1-2-16-11/h1-5H. The molecule has 0 radical (unpaired) electrons. The molecule has 0 bridgehead atoms. The van der Waals surface area contributed by atoms with E-state index < -0.39 is 0 Å². The van der Waals surface area contributed by atoms with Crippen LogP contribution in [0, 0.1) is 0 Å². The molecule has 2 nitrogen and oxygen atoms in total. The first-order valence-corrected chi connectivity index (χ1v) is 6.69. The van der Waals surface area contributed by atoms with Crippen molar-refractivity contribution in [3.05, 3.63) is 55.3 Å². The number of hydrogen-bond donors (Lipinski definition) is 0. The molecule has 0 atom stereocenters. The van der Waals surface area contributed by atoms with E-state index in [0.717, 1.165) is 8.95 Å². The molecule has 16 heavy (non-hydrogen) atoms. The average Bonchev–Trinajstić information content (AvgIpc) is 2.62. The summed E-state index contributed by atoms with van der Waals surface area (Å²) in [5.74, 6) is 0.156. The van der Waals surface area contributed by atoms with Crippen LogP contribution >= 0.6 is 47.8 Å². The molecular formula is C11H5Br3O2. The second-order valence-electron chi connectivity index (χ2n) is 3.08. The normalized spacial score (nSPS) is 10.4. The maximum atomic E-state index is 12.1. The van der Waals surface area contributed by atoms with Crippen LogP contribution in [0.4, 0.5) is 0 Å². The molecule has 2 rings (SSSR count). The van der Waals surface area contributed by atoms with E-state index in [4.69, 9.17) is 4.42 Å². The number of hydrogen-bond acceptors (Lipinski definition) is 2. The lowest BCUT2D eigenvalue weighted by Gasteiger charge is -2.01. The third-order valence-corrected chi connectivity index (χ3v) is 3.49. The van der Waals surface area contributed by atoms with Crippen molar-refractivity contribution < 1.29 is 9.21 Å². The van der Waals surface area contributed by atoms with E-state index in [2.05, 4.69) is 47.8 Å². The molecule has 2 aromatic rings. The van der Waals surface area contributed by atoms with Crippen molar-refractivity contribution in [1.29, 1.82) is 0 Å². The Morgan fingerprint density at radius 1 is 1.06 bits per heavy atom. The molecule has 1 heterocycles. The van der Waals surface area contributed by atoms with Gasteiger partial charge in [-0.15, -0.1) is 0 Å². The van der Waals surface area contributed by atoms with Crippen molar-refractivity contribution in [1.82, 2.24) is 0 Å². The first-order chi connectivity index (χ1) is 7.58. The van der Waals surface area contributed by atoms with Crippen molar-refractivity contribution in [2.75, 3.05) is 0 Å². The van der Waals surface area contributed by atoms with Gasteiger partial charge in [0.1, 0.15) is 0 Å². The lowest BCUT2D eigenvalue weighted by molar-refractivity contribution is 0.101. The van der Waals surface area contributed by atoms with Gasteiger partial charge in [0.2, 0.25) is 5.78 Å². The van der Waals surface area contributed by atoms with E-state index in [0.29, 0.717) is 15.8 Å². The molecule has 0 unspecified atom stereocenters. The van der Waals surface area contributed by atoms with Crippen LogP contribution < -0.4 is 0 Å². The van der Waals surface area contributed by atoms with Gasteiger partial charge in [-0.25, -0.2) is 0 Å². The summed E-state index contributed by atoms with van der Waals surface area (Å²) in [4.78, 5) is 12.1. The molecule has 0 saturated carbocycles. The minimum absolute atomic E-state index is 0.154. The van der Waals surface area contributed by atoms with E-state index in [-0.39, 0.29) is 5.78 Å². The molecule has 0 aliphatic heterocycles. The fourth-order valence-electron chi connectivity index (χ4n) is 1.27. The monoisotopic (exact) mass is 406 g/mol. The van der Waals surface area contributed by atoms with Crippen LogP contribution in [0.1, 0.15) is 16.1 Å². The van der Waals surface area contributed by atoms with Gasteiger partial charge in [-0.3, -0.25) is 4.79 Å². The Hall–Kier alpha value is -0.390. The van der Waals surface area contributed by atoms with Crippen LogP contribution in [0.25, 0.3) is 0 Å². The maximum Gasteiger partial charge on any atom is 0.229 e. The average molecular weight is 409 g/mol. The Labute approximate surface area is 117 Å². The van der Waals surface area contributed by atoms with Crippen molar-refractivity contribution in [2.45, 2.75) is 0 Å². The predicted molar refractivity (Wildman–Crippen MR) is 71.7 cm³/mol.